The highest BCUT2D eigenvalue weighted by molar-refractivity contribution is 5.60. The van der Waals surface area contributed by atoms with Crippen LogP contribution < -0.4 is 0 Å². The van der Waals surface area contributed by atoms with Gasteiger partial charge in [0, 0.05) is 12.2 Å². The lowest BCUT2D eigenvalue weighted by molar-refractivity contribution is 0.0566. The summed E-state index contributed by atoms with van der Waals surface area (Å²) in [7, 11) is 0. The molecule has 3 nitrogen and oxygen atoms in total. The predicted molar refractivity (Wildman–Crippen MR) is 119 cm³/mol. The van der Waals surface area contributed by atoms with Gasteiger partial charge in [0.25, 0.3) is 0 Å². The lowest BCUT2D eigenvalue weighted by atomic mass is 10.1. The van der Waals surface area contributed by atoms with E-state index < -0.39 is 0 Å². The number of hydrogen-bond acceptors (Lipinski definition) is 3. The first-order chi connectivity index (χ1) is 14.1. The molecule has 0 saturated carbocycles. The third kappa shape index (κ3) is 8.28. The van der Waals surface area contributed by atoms with Crippen molar-refractivity contribution in [3.05, 3.63) is 66.1 Å². The van der Waals surface area contributed by atoms with Crippen LogP contribution in [0.5, 0.6) is 0 Å². The van der Waals surface area contributed by atoms with Crippen LogP contribution in [0.25, 0.3) is 17.3 Å². The fourth-order valence-electron chi connectivity index (χ4n) is 3.06. The lowest BCUT2D eigenvalue weighted by Gasteiger charge is -2.11. The van der Waals surface area contributed by atoms with Gasteiger partial charge in [-0.1, -0.05) is 44.1 Å². The van der Waals surface area contributed by atoms with Gasteiger partial charge in [-0.2, -0.15) is 5.10 Å². The van der Waals surface area contributed by atoms with E-state index in [1.165, 1.54) is 18.9 Å². The zero-order valence-electron chi connectivity index (χ0n) is 17.7. The molecule has 2 aromatic rings. The highest BCUT2D eigenvalue weighted by Crippen LogP contribution is 2.20. The highest BCUT2D eigenvalue weighted by atomic mass is 19.1. The summed E-state index contributed by atoms with van der Waals surface area (Å²) in [5, 5.41) is 8.47. The lowest BCUT2D eigenvalue weighted by Crippen LogP contribution is -2.08. The SMILES string of the molecule is C=CCc1ccc(-c2ccc(/C=C/CCCC(C)OCCCCC)nn2)cc1F. The second-order valence-corrected chi connectivity index (χ2v) is 7.36. The number of aromatic nitrogens is 2. The van der Waals surface area contributed by atoms with Gasteiger partial charge in [0.05, 0.1) is 17.5 Å². The van der Waals surface area contributed by atoms with Gasteiger partial charge in [0.1, 0.15) is 5.82 Å². The largest absolute Gasteiger partial charge is 0.379 e. The molecular weight excluding hydrogens is 363 g/mol. The molecule has 0 aliphatic carbocycles. The number of ether oxygens (including phenoxy) is 1. The molecule has 0 aliphatic rings. The zero-order chi connectivity index (χ0) is 20.9. The van der Waals surface area contributed by atoms with Crippen molar-refractivity contribution in [2.45, 2.75) is 64.9 Å². The molecule has 0 saturated heterocycles. The molecule has 0 fully saturated rings. The number of unbranched alkanes of at least 4 members (excludes halogenated alkanes) is 3. The van der Waals surface area contributed by atoms with Crippen LogP contribution in [0.4, 0.5) is 4.39 Å². The molecule has 0 spiro atoms. The summed E-state index contributed by atoms with van der Waals surface area (Å²) in [6, 6.07) is 8.93. The Bertz CT molecular complexity index is 771. The Labute approximate surface area is 174 Å². The average Bonchev–Trinajstić information content (AvgIpc) is 2.73. The van der Waals surface area contributed by atoms with E-state index in [0.29, 0.717) is 23.8 Å². The molecule has 0 bridgehead atoms. The number of halogens is 1. The Morgan fingerprint density at radius 1 is 1.14 bits per heavy atom. The smallest absolute Gasteiger partial charge is 0.127 e. The standard InChI is InChI=1S/C25H33FN2O/c1-4-6-10-18-29-20(3)12-8-7-9-13-23-16-17-25(28-27-23)22-15-14-21(11-5-2)24(26)19-22/h5,9,13-17,19-20H,2,4,6-8,10-12,18H2,1,3H3/b13-9+. The van der Waals surface area contributed by atoms with E-state index in [2.05, 4.69) is 36.7 Å². The number of allylic oxidation sites excluding steroid dienone is 2. The molecule has 2 rings (SSSR count). The van der Waals surface area contributed by atoms with Gasteiger partial charge in [-0.3, -0.25) is 0 Å². The van der Waals surface area contributed by atoms with E-state index in [1.807, 2.05) is 24.3 Å². The quantitative estimate of drug-likeness (QED) is 0.276. The molecule has 1 aromatic heterocycles. The molecule has 0 amide bonds. The van der Waals surface area contributed by atoms with E-state index >= 15 is 0 Å². The number of hydrogen-bond donors (Lipinski definition) is 0. The molecule has 1 atom stereocenters. The van der Waals surface area contributed by atoms with Crippen LogP contribution in [0.1, 0.15) is 63.6 Å². The van der Waals surface area contributed by atoms with Crippen LogP contribution in [0.15, 0.2) is 49.1 Å². The Morgan fingerprint density at radius 2 is 2.00 bits per heavy atom. The van der Waals surface area contributed by atoms with E-state index in [0.717, 1.165) is 43.5 Å². The molecule has 0 aliphatic heterocycles. The van der Waals surface area contributed by atoms with Crippen LogP contribution in [-0.2, 0) is 11.2 Å². The fourth-order valence-corrected chi connectivity index (χ4v) is 3.06. The van der Waals surface area contributed by atoms with Gasteiger partial charge in [0.2, 0.25) is 0 Å². The van der Waals surface area contributed by atoms with Crippen molar-refractivity contribution >= 4 is 6.08 Å². The fraction of sp³-hybridized carbons (Fsp3) is 0.440. The molecule has 1 heterocycles. The molecule has 4 heteroatoms. The predicted octanol–water partition coefficient (Wildman–Crippen LogP) is 6.79. The first-order valence-electron chi connectivity index (χ1n) is 10.7. The summed E-state index contributed by atoms with van der Waals surface area (Å²) >= 11 is 0. The Hall–Kier alpha value is -2.33. The normalized spacial score (nSPS) is 12.4. The number of benzene rings is 1. The maximum atomic E-state index is 14.1. The third-order valence-corrected chi connectivity index (χ3v) is 4.82. The van der Waals surface area contributed by atoms with Crippen molar-refractivity contribution in [1.82, 2.24) is 10.2 Å². The molecule has 0 N–H and O–H groups in total. The van der Waals surface area contributed by atoms with Crippen LogP contribution in [0.3, 0.4) is 0 Å². The van der Waals surface area contributed by atoms with Crippen LogP contribution >= 0.6 is 0 Å². The summed E-state index contributed by atoms with van der Waals surface area (Å²) in [6.07, 6.45) is 13.4. The van der Waals surface area contributed by atoms with Gasteiger partial charge < -0.3 is 4.74 Å². The molecule has 1 aromatic carbocycles. The summed E-state index contributed by atoms with van der Waals surface area (Å²) in [4.78, 5) is 0. The van der Waals surface area contributed by atoms with E-state index in [4.69, 9.17) is 4.74 Å². The minimum absolute atomic E-state index is 0.239. The Kier molecular flexibility index (Phi) is 10.3. The van der Waals surface area contributed by atoms with Crippen LogP contribution in [-0.4, -0.2) is 22.9 Å². The van der Waals surface area contributed by atoms with E-state index in [9.17, 15) is 4.39 Å². The van der Waals surface area contributed by atoms with Crippen molar-refractivity contribution in [1.29, 1.82) is 0 Å². The number of rotatable bonds is 13. The van der Waals surface area contributed by atoms with Gasteiger partial charge >= 0.3 is 0 Å². The molecule has 156 valence electrons. The summed E-state index contributed by atoms with van der Waals surface area (Å²) in [5.74, 6) is -0.239. The second kappa shape index (κ2) is 13.0. The maximum Gasteiger partial charge on any atom is 0.127 e. The van der Waals surface area contributed by atoms with Gasteiger partial charge in [-0.05, 0) is 68.9 Å². The summed E-state index contributed by atoms with van der Waals surface area (Å²) in [5.41, 5.74) is 2.84. The van der Waals surface area contributed by atoms with Crippen LogP contribution in [0.2, 0.25) is 0 Å². The van der Waals surface area contributed by atoms with Gasteiger partial charge in [-0.25, -0.2) is 4.39 Å². The van der Waals surface area contributed by atoms with Crippen LogP contribution in [0, 0.1) is 5.82 Å². The average molecular weight is 397 g/mol. The van der Waals surface area contributed by atoms with Crippen molar-refractivity contribution in [3.8, 4) is 11.3 Å². The number of nitrogens with zero attached hydrogens (tertiary/aromatic N) is 2. The minimum Gasteiger partial charge on any atom is -0.379 e. The summed E-state index contributed by atoms with van der Waals surface area (Å²) < 4.78 is 19.9. The topological polar surface area (TPSA) is 35.0 Å². The van der Waals surface area contributed by atoms with Crippen molar-refractivity contribution < 1.29 is 9.13 Å². The van der Waals surface area contributed by atoms with E-state index in [-0.39, 0.29) is 5.82 Å². The Balaban J connectivity index is 1.77. The Morgan fingerprint density at radius 3 is 2.69 bits per heavy atom. The monoisotopic (exact) mass is 396 g/mol. The van der Waals surface area contributed by atoms with Crippen molar-refractivity contribution in [2.24, 2.45) is 0 Å². The van der Waals surface area contributed by atoms with Crippen molar-refractivity contribution in [2.75, 3.05) is 6.61 Å². The van der Waals surface area contributed by atoms with Gasteiger partial charge in [-0.15, -0.1) is 11.7 Å². The third-order valence-electron chi connectivity index (χ3n) is 4.82. The van der Waals surface area contributed by atoms with Crippen molar-refractivity contribution in [3.63, 3.8) is 0 Å². The molecular formula is C25H33FN2O. The minimum atomic E-state index is -0.239. The first kappa shape index (κ1) is 23.0. The molecule has 1 unspecified atom stereocenters. The van der Waals surface area contributed by atoms with E-state index in [1.54, 1.807) is 12.1 Å². The zero-order valence-corrected chi connectivity index (χ0v) is 17.7. The maximum absolute atomic E-state index is 14.1. The first-order valence-corrected chi connectivity index (χ1v) is 10.7. The second-order valence-electron chi connectivity index (χ2n) is 7.36. The summed E-state index contributed by atoms with van der Waals surface area (Å²) in [6.45, 7) is 8.87. The van der Waals surface area contributed by atoms with Gasteiger partial charge in [0.15, 0.2) is 0 Å². The molecule has 0 radical (unpaired) electrons. The highest BCUT2D eigenvalue weighted by Gasteiger charge is 2.06. The molecule has 29 heavy (non-hydrogen) atoms.